The average Bonchev–Trinajstić information content (AvgIpc) is 2.38. The van der Waals surface area contributed by atoms with E-state index in [9.17, 15) is 13.2 Å². The fourth-order valence-corrected chi connectivity index (χ4v) is 2.86. The summed E-state index contributed by atoms with van der Waals surface area (Å²) in [4.78, 5) is 10.5. The minimum atomic E-state index is -3.68. The molecule has 0 aliphatic rings. The number of hydrogen-bond donors (Lipinski definition) is 3. The van der Waals surface area contributed by atoms with Crippen molar-refractivity contribution in [3.63, 3.8) is 0 Å². The molecule has 0 saturated carbocycles. The van der Waals surface area contributed by atoms with Gasteiger partial charge in [0.25, 0.3) is 0 Å². The van der Waals surface area contributed by atoms with Crippen LogP contribution in [0, 0.1) is 5.92 Å². The van der Waals surface area contributed by atoms with Crippen LogP contribution < -0.4 is 4.72 Å². The van der Waals surface area contributed by atoms with Crippen LogP contribution in [0.2, 0.25) is 0 Å². The number of sulfonamides is 1. The summed E-state index contributed by atoms with van der Waals surface area (Å²) in [5, 5.41) is 17.6. The number of aliphatic hydroxyl groups excluding tert-OH is 1. The second-order valence-corrected chi connectivity index (χ2v) is 7.05. The number of carboxylic acid groups (broad SMARTS) is 1. The van der Waals surface area contributed by atoms with Crippen molar-refractivity contribution in [3.8, 4) is 0 Å². The SMILES string of the molecule is CC(C)Cc1ccc(S(=O)(=O)NCC[C@H](O)C(=O)O)cc1. The topological polar surface area (TPSA) is 104 Å². The number of nitrogens with one attached hydrogen (secondary N) is 1. The molecule has 0 radical (unpaired) electrons. The largest absolute Gasteiger partial charge is 0.479 e. The fourth-order valence-electron chi connectivity index (χ4n) is 1.81. The Morgan fingerprint density at radius 2 is 1.81 bits per heavy atom. The zero-order chi connectivity index (χ0) is 16.0. The van der Waals surface area contributed by atoms with Crippen LogP contribution in [0.1, 0.15) is 25.8 Å². The van der Waals surface area contributed by atoms with E-state index in [4.69, 9.17) is 10.2 Å². The van der Waals surface area contributed by atoms with Gasteiger partial charge in [0.1, 0.15) is 0 Å². The van der Waals surface area contributed by atoms with Crippen molar-refractivity contribution in [2.24, 2.45) is 5.92 Å². The van der Waals surface area contributed by atoms with Crippen LogP contribution in [0.4, 0.5) is 0 Å². The number of carboxylic acids is 1. The van der Waals surface area contributed by atoms with E-state index in [0.717, 1.165) is 12.0 Å². The molecule has 0 spiro atoms. The van der Waals surface area contributed by atoms with E-state index in [1.807, 2.05) is 0 Å². The lowest BCUT2D eigenvalue weighted by atomic mass is 10.0. The van der Waals surface area contributed by atoms with E-state index < -0.39 is 22.1 Å². The molecule has 6 nitrogen and oxygen atoms in total. The third-order valence-electron chi connectivity index (χ3n) is 2.87. The molecular formula is C14H21NO5S. The van der Waals surface area contributed by atoms with Crippen LogP contribution in [-0.2, 0) is 21.2 Å². The van der Waals surface area contributed by atoms with E-state index in [2.05, 4.69) is 18.6 Å². The minimum absolute atomic E-state index is 0.125. The summed E-state index contributed by atoms with van der Waals surface area (Å²) in [6, 6.07) is 6.57. The van der Waals surface area contributed by atoms with Crippen LogP contribution in [0.3, 0.4) is 0 Å². The monoisotopic (exact) mass is 315 g/mol. The molecule has 0 aliphatic carbocycles. The Kier molecular flexibility index (Phi) is 6.32. The Morgan fingerprint density at radius 3 is 2.29 bits per heavy atom. The number of carbonyl (C=O) groups is 1. The first kappa shape index (κ1) is 17.6. The molecule has 0 heterocycles. The van der Waals surface area contributed by atoms with Gasteiger partial charge in [-0.05, 0) is 36.5 Å². The highest BCUT2D eigenvalue weighted by Crippen LogP contribution is 2.13. The number of aliphatic carboxylic acids is 1. The zero-order valence-electron chi connectivity index (χ0n) is 12.1. The quantitative estimate of drug-likeness (QED) is 0.664. The second-order valence-electron chi connectivity index (χ2n) is 5.28. The second kappa shape index (κ2) is 7.53. The van der Waals surface area contributed by atoms with Gasteiger partial charge in [-0.25, -0.2) is 17.9 Å². The highest BCUT2D eigenvalue weighted by molar-refractivity contribution is 7.89. The van der Waals surface area contributed by atoms with Gasteiger partial charge in [0, 0.05) is 6.54 Å². The fraction of sp³-hybridized carbons (Fsp3) is 0.500. The summed E-state index contributed by atoms with van der Waals surface area (Å²) >= 11 is 0. The Balaban J connectivity index is 2.64. The lowest BCUT2D eigenvalue weighted by Crippen LogP contribution is -2.30. The van der Waals surface area contributed by atoms with Gasteiger partial charge in [-0.15, -0.1) is 0 Å². The molecule has 0 aliphatic heterocycles. The lowest BCUT2D eigenvalue weighted by Gasteiger charge is -2.09. The predicted octanol–water partition coefficient (Wildman–Crippen LogP) is 0.999. The summed E-state index contributed by atoms with van der Waals surface area (Å²) in [6.45, 7) is 4.03. The number of rotatable bonds is 8. The van der Waals surface area contributed by atoms with Crippen LogP contribution >= 0.6 is 0 Å². The van der Waals surface area contributed by atoms with Crippen molar-refractivity contribution >= 4 is 16.0 Å². The minimum Gasteiger partial charge on any atom is -0.479 e. The van der Waals surface area contributed by atoms with Gasteiger partial charge in [-0.1, -0.05) is 26.0 Å². The molecule has 0 unspecified atom stereocenters. The van der Waals surface area contributed by atoms with E-state index in [1.165, 1.54) is 12.1 Å². The van der Waals surface area contributed by atoms with Gasteiger partial charge < -0.3 is 10.2 Å². The van der Waals surface area contributed by atoms with Crippen LogP contribution in [-0.4, -0.2) is 37.2 Å². The van der Waals surface area contributed by atoms with Crippen molar-refractivity contribution in [2.45, 2.75) is 37.7 Å². The number of hydrogen-bond acceptors (Lipinski definition) is 4. The van der Waals surface area contributed by atoms with Gasteiger partial charge in [0.15, 0.2) is 6.10 Å². The van der Waals surface area contributed by atoms with Gasteiger partial charge >= 0.3 is 5.97 Å². The third-order valence-corrected chi connectivity index (χ3v) is 4.35. The van der Waals surface area contributed by atoms with Crippen molar-refractivity contribution in [3.05, 3.63) is 29.8 Å². The van der Waals surface area contributed by atoms with Crippen molar-refractivity contribution in [1.82, 2.24) is 4.72 Å². The van der Waals surface area contributed by atoms with Gasteiger partial charge in [-0.2, -0.15) is 0 Å². The molecular weight excluding hydrogens is 294 g/mol. The molecule has 1 aromatic carbocycles. The molecule has 0 saturated heterocycles. The number of benzene rings is 1. The maximum absolute atomic E-state index is 12.0. The maximum atomic E-state index is 12.0. The van der Waals surface area contributed by atoms with Crippen molar-refractivity contribution < 1.29 is 23.4 Å². The predicted molar refractivity (Wildman–Crippen MR) is 78.4 cm³/mol. The normalized spacial score (nSPS) is 13.3. The molecule has 0 aromatic heterocycles. The van der Waals surface area contributed by atoms with Crippen LogP contribution in [0.5, 0.6) is 0 Å². The zero-order valence-corrected chi connectivity index (χ0v) is 12.9. The first-order valence-corrected chi connectivity index (χ1v) is 8.20. The molecule has 1 rings (SSSR count). The molecule has 3 N–H and O–H groups in total. The molecule has 0 bridgehead atoms. The van der Waals surface area contributed by atoms with E-state index in [-0.39, 0.29) is 17.9 Å². The highest BCUT2D eigenvalue weighted by Gasteiger charge is 2.17. The Labute approximate surface area is 124 Å². The Morgan fingerprint density at radius 1 is 1.24 bits per heavy atom. The molecule has 1 atom stereocenters. The van der Waals surface area contributed by atoms with Gasteiger partial charge in [0.05, 0.1) is 4.90 Å². The first-order valence-electron chi connectivity index (χ1n) is 6.72. The molecule has 1 aromatic rings. The first-order chi connectivity index (χ1) is 9.72. The summed E-state index contributed by atoms with van der Waals surface area (Å²) in [6.07, 6.45) is -0.875. The molecule has 118 valence electrons. The molecule has 7 heteroatoms. The lowest BCUT2D eigenvalue weighted by molar-refractivity contribution is -0.146. The van der Waals surface area contributed by atoms with E-state index >= 15 is 0 Å². The third kappa shape index (κ3) is 5.82. The smallest absolute Gasteiger partial charge is 0.332 e. The standard InChI is InChI=1S/C14H21NO5S/c1-10(2)9-11-3-5-12(6-4-11)21(19,20)15-8-7-13(16)14(17)18/h3-6,10,13,15-16H,7-9H2,1-2H3,(H,17,18)/t13-/m0/s1. The summed E-state index contributed by atoms with van der Waals surface area (Å²) in [5.74, 6) is -0.879. The van der Waals surface area contributed by atoms with Gasteiger partial charge in [0.2, 0.25) is 10.0 Å². The van der Waals surface area contributed by atoms with E-state index in [1.54, 1.807) is 12.1 Å². The average molecular weight is 315 g/mol. The van der Waals surface area contributed by atoms with Gasteiger partial charge in [-0.3, -0.25) is 0 Å². The van der Waals surface area contributed by atoms with E-state index in [0.29, 0.717) is 5.92 Å². The maximum Gasteiger partial charge on any atom is 0.332 e. The molecule has 0 amide bonds. The van der Waals surface area contributed by atoms with Crippen molar-refractivity contribution in [1.29, 1.82) is 0 Å². The Bertz CT molecular complexity index is 566. The van der Waals surface area contributed by atoms with Crippen LogP contribution in [0.15, 0.2) is 29.2 Å². The summed E-state index contributed by atoms with van der Waals surface area (Å²) in [5.41, 5.74) is 1.06. The van der Waals surface area contributed by atoms with Crippen molar-refractivity contribution in [2.75, 3.05) is 6.54 Å². The summed E-state index contributed by atoms with van der Waals surface area (Å²) in [7, 11) is -3.68. The van der Waals surface area contributed by atoms with Crippen LogP contribution in [0.25, 0.3) is 0 Å². The highest BCUT2D eigenvalue weighted by atomic mass is 32.2. The number of aliphatic hydroxyl groups is 1. The molecule has 21 heavy (non-hydrogen) atoms. The summed E-state index contributed by atoms with van der Waals surface area (Å²) < 4.78 is 26.2. The molecule has 0 fully saturated rings. The Hall–Kier alpha value is -1.44.